The van der Waals surface area contributed by atoms with Gasteiger partial charge in [0.25, 0.3) is 0 Å². The first-order chi connectivity index (χ1) is 9.13. The van der Waals surface area contributed by atoms with E-state index < -0.39 is 0 Å². The van der Waals surface area contributed by atoms with Crippen LogP contribution in [-0.4, -0.2) is 11.5 Å². The summed E-state index contributed by atoms with van der Waals surface area (Å²) in [7, 11) is 0. The number of hydrogen-bond acceptors (Lipinski definition) is 2. The Morgan fingerprint density at radius 1 is 0.947 bits per heavy atom. The molecule has 2 rings (SSSR count). The molecular weight excluding hydrogens is 234 g/mol. The molecule has 0 unspecified atom stereocenters. The van der Waals surface area contributed by atoms with E-state index in [2.05, 4.69) is 5.92 Å². The van der Waals surface area contributed by atoms with Gasteiger partial charge in [-0.25, -0.2) is 0 Å². The maximum absolute atomic E-state index is 8.23. The van der Waals surface area contributed by atoms with Crippen molar-refractivity contribution in [3.05, 3.63) is 70.8 Å². The third-order valence-electron chi connectivity index (χ3n) is 2.83. The highest BCUT2D eigenvalue weighted by Gasteiger charge is 2.11. The van der Waals surface area contributed by atoms with Crippen molar-refractivity contribution < 1.29 is 0 Å². The summed E-state index contributed by atoms with van der Waals surface area (Å²) >= 11 is 0. The van der Waals surface area contributed by atoms with Crippen LogP contribution in [0.3, 0.4) is 0 Å². The lowest BCUT2D eigenvalue weighted by Gasteiger charge is -2.09. The monoisotopic (exact) mass is 247 g/mol. The number of nitrogens with one attached hydrogen (secondary N) is 2. The summed E-state index contributed by atoms with van der Waals surface area (Å²) in [6, 6.07) is 14.3. The van der Waals surface area contributed by atoms with Gasteiger partial charge in [-0.15, -0.1) is 6.42 Å². The smallest absolute Gasteiger partial charge is 0.123 e. The minimum atomic E-state index is -0.0411. The molecule has 4 N–H and O–H groups in total. The molecule has 92 valence electrons. The molecule has 0 aliphatic carbocycles. The molecule has 2 aromatic rings. The van der Waals surface area contributed by atoms with Gasteiger partial charge in [-0.2, -0.15) is 0 Å². The molecule has 19 heavy (non-hydrogen) atoms. The minimum Gasteiger partial charge on any atom is -0.384 e. The zero-order valence-electron chi connectivity index (χ0n) is 10.3. The number of terminal acetylenes is 1. The number of hydrogen-bond donors (Lipinski definition) is 3. The van der Waals surface area contributed by atoms with E-state index in [-0.39, 0.29) is 5.84 Å². The summed E-state index contributed by atoms with van der Waals surface area (Å²) < 4.78 is 0. The van der Waals surface area contributed by atoms with Crippen molar-refractivity contribution in [3.63, 3.8) is 0 Å². The second kappa shape index (κ2) is 5.19. The molecule has 0 radical (unpaired) electrons. The van der Waals surface area contributed by atoms with Crippen LogP contribution in [0.4, 0.5) is 0 Å². The molecule has 0 fully saturated rings. The fourth-order valence-corrected chi connectivity index (χ4v) is 1.82. The van der Waals surface area contributed by atoms with E-state index in [4.69, 9.17) is 23.0 Å². The molecule has 0 heterocycles. The summed E-state index contributed by atoms with van der Waals surface area (Å²) in [6.45, 7) is 0. The van der Waals surface area contributed by atoms with E-state index in [0.29, 0.717) is 16.8 Å². The van der Waals surface area contributed by atoms with E-state index in [1.165, 1.54) is 0 Å². The zero-order valence-corrected chi connectivity index (χ0v) is 10.3. The molecule has 0 spiro atoms. The largest absolute Gasteiger partial charge is 0.384 e. The van der Waals surface area contributed by atoms with Crippen LogP contribution < -0.4 is 5.73 Å². The van der Waals surface area contributed by atoms with E-state index in [9.17, 15) is 0 Å². The van der Waals surface area contributed by atoms with E-state index in [1.807, 2.05) is 6.07 Å². The van der Waals surface area contributed by atoms with Gasteiger partial charge in [0, 0.05) is 22.3 Å². The predicted molar refractivity (Wildman–Crippen MR) is 77.8 cm³/mol. The standard InChI is InChI=1S/C16H13N3/c1-2-11-7-9-12(10-8-11)15(17)13-5-3-4-6-14(13)16(18)19/h1,3-10,17H,(H3,18,19). The lowest BCUT2D eigenvalue weighted by Crippen LogP contribution is -2.16. The molecular formula is C16H13N3. The Labute approximate surface area is 112 Å². The van der Waals surface area contributed by atoms with Gasteiger partial charge >= 0.3 is 0 Å². The average molecular weight is 247 g/mol. The van der Waals surface area contributed by atoms with Gasteiger partial charge in [-0.1, -0.05) is 42.3 Å². The maximum atomic E-state index is 8.23. The van der Waals surface area contributed by atoms with Crippen molar-refractivity contribution in [1.29, 1.82) is 10.8 Å². The molecule has 2 aromatic carbocycles. The highest BCUT2D eigenvalue weighted by atomic mass is 14.7. The lowest BCUT2D eigenvalue weighted by molar-refractivity contribution is 1.39. The van der Waals surface area contributed by atoms with Gasteiger partial charge in [0.2, 0.25) is 0 Å². The molecule has 0 amide bonds. The molecule has 0 saturated carbocycles. The molecule has 0 atom stereocenters. The SMILES string of the molecule is C#Cc1ccc(C(=N)c2ccccc2C(=N)N)cc1. The Balaban J connectivity index is 2.44. The number of nitrogen functional groups attached to an aromatic ring is 1. The second-order valence-electron chi connectivity index (χ2n) is 4.06. The van der Waals surface area contributed by atoms with Crippen LogP contribution in [0.25, 0.3) is 0 Å². The maximum Gasteiger partial charge on any atom is 0.123 e. The first-order valence-electron chi connectivity index (χ1n) is 5.73. The van der Waals surface area contributed by atoms with Crippen LogP contribution in [0.5, 0.6) is 0 Å². The van der Waals surface area contributed by atoms with Crippen LogP contribution in [0, 0.1) is 23.2 Å². The highest BCUT2D eigenvalue weighted by molar-refractivity contribution is 6.16. The minimum absolute atomic E-state index is 0.0411. The van der Waals surface area contributed by atoms with Gasteiger partial charge in [0.1, 0.15) is 5.84 Å². The molecule has 0 aliphatic heterocycles. The Morgan fingerprint density at radius 3 is 2.05 bits per heavy atom. The van der Waals surface area contributed by atoms with Crippen LogP contribution in [-0.2, 0) is 0 Å². The van der Waals surface area contributed by atoms with Crippen molar-refractivity contribution in [2.45, 2.75) is 0 Å². The van der Waals surface area contributed by atoms with E-state index >= 15 is 0 Å². The van der Waals surface area contributed by atoms with Gasteiger partial charge in [-0.3, -0.25) is 10.8 Å². The third-order valence-corrected chi connectivity index (χ3v) is 2.83. The van der Waals surface area contributed by atoms with Crippen molar-refractivity contribution in [2.24, 2.45) is 5.73 Å². The summed E-state index contributed by atoms with van der Waals surface area (Å²) in [5.74, 6) is 2.50. The average Bonchev–Trinajstić information content (AvgIpc) is 2.46. The summed E-state index contributed by atoms with van der Waals surface area (Å²) in [4.78, 5) is 0. The molecule has 0 saturated heterocycles. The summed E-state index contributed by atoms with van der Waals surface area (Å²) in [5.41, 5.74) is 8.59. The zero-order chi connectivity index (χ0) is 13.8. The molecule has 0 aliphatic rings. The second-order valence-corrected chi connectivity index (χ2v) is 4.06. The molecule has 3 heteroatoms. The fraction of sp³-hybridized carbons (Fsp3) is 0. The summed E-state index contributed by atoms with van der Waals surface area (Å²) in [5, 5.41) is 15.8. The van der Waals surface area contributed by atoms with Crippen molar-refractivity contribution >= 4 is 11.5 Å². The van der Waals surface area contributed by atoms with Gasteiger partial charge in [-0.05, 0) is 12.1 Å². The summed E-state index contributed by atoms with van der Waals surface area (Å²) in [6.07, 6.45) is 5.30. The Bertz CT molecular complexity index is 676. The van der Waals surface area contributed by atoms with Crippen LogP contribution >= 0.6 is 0 Å². The number of amidine groups is 1. The Hall–Kier alpha value is -2.86. The first-order valence-corrected chi connectivity index (χ1v) is 5.73. The van der Waals surface area contributed by atoms with Crippen LogP contribution in [0.2, 0.25) is 0 Å². The van der Waals surface area contributed by atoms with Gasteiger partial charge < -0.3 is 5.73 Å². The van der Waals surface area contributed by atoms with Gasteiger partial charge in [0.05, 0.1) is 5.71 Å². The predicted octanol–water partition coefficient (Wildman–Crippen LogP) is 2.37. The highest BCUT2D eigenvalue weighted by Crippen LogP contribution is 2.15. The Kier molecular flexibility index (Phi) is 3.44. The van der Waals surface area contributed by atoms with Crippen molar-refractivity contribution in [2.75, 3.05) is 0 Å². The quantitative estimate of drug-likeness (QED) is 0.435. The lowest BCUT2D eigenvalue weighted by atomic mass is 9.96. The Morgan fingerprint density at radius 2 is 1.53 bits per heavy atom. The van der Waals surface area contributed by atoms with E-state index in [1.54, 1.807) is 42.5 Å². The normalized spacial score (nSPS) is 9.63. The van der Waals surface area contributed by atoms with Crippen LogP contribution in [0.15, 0.2) is 48.5 Å². The molecule has 3 nitrogen and oxygen atoms in total. The molecule has 0 bridgehead atoms. The first kappa shape index (κ1) is 12.6. The van der Waals surface area contributed by atoms with Crippen molar-refractivity contribution in [3.8, 4) is 12.3 Å². The van der Waals surface area contributed by atoms with Gasteiger partial charge in [0.15, 0.2) is 0 Å². The van der Waals surface area contributed by atoms with Crippen LogP contribution in [0.1, 0.15) is 22.3 Å². The fourth-order valence-electron chi connectivity index (χ4n) is 1.82. The van der Waals surface area contributed by atoms with Crippen molar-refractivity contribution in [1.82, 2.24) is 0 Å². The number of rotatable bonds is 3. The number of benzene rings is 2. The van der Waals surface area contributed by atoms with E-state index in [0.717, 1.165) is 11.1 Å². The topological polar surface area (TPSA) is 73.7 Å². The third kappa shape index (κ3) is 2.53. The number of nitrogens with two attached hydrogens (primary N) is 1. The molecule has 0 aromatic heterocycles.